The smallest absolute Gasteiger partial charge is 0.244 e. The minimum absolute atomic E-state index is 0.0609. The number of aromatic nitrogens is 2. The quantitative estimate of drug-likeness (QED) is 0.813. The van der Waals surface area contributed by atoms with Gasteiger partial charge in [-0.3, -0.25) is 14.3 Å². The summed E-state index contributed by atoms with van der Waals surface area (Å²) >= 11 is 0. The number of likely N-dealkylation sites (N-methyl/N-ethyl adjacent to an activating group) is 1. The Morgan fingerprint density at radius 2 is 2.00 bits per heavy atom. The van der Waals surface area contributed by atoms with Gasteiger partial charge in [0.05, 0.1) is 30.3 Å². The maximum absolute atomic E-state index is 12.7. The van der Waals surface area contributed by atoms with Crippen LogP contribution < -0.4 is 0 Å². The number of likely N-dealkylation sites (tertiary alicyclic amines) is 1. The van der Waals surface area contributed by atoms with Crippen molar-refractivity contribution in [2.45, 2.75) is 31.4 Å². The Morgan fingerprint density at radius 3 is 2.81 bits per heavy atom. The molecule has 1 aromatic carbocycles. The van der Waals surface area contributed by atoms with Gasteiger partial charge in [0.2, 0.25) is 11.8 Å². The molecule has 0 radical (unpaired) electrons. The molecule has 3 heterocycles. The summed E-state index contributed by atoms with van der Waals surface area (Å²) in [6, 6.07) is 7.88. The van der Waals surface area contributed by atoms with Gasteiger partial charge < -0.3 is 14.5 Å². The molecule has 1 spiro atoms. The average molecular weight is 356 g/mol. The SMILES string of the molecule is CN1CCOC2(CCN(C(=O)Cn3ncc4ccccc43)CC2)CC1=O. The van der Waals surface area contributed by atoms with Crippen LogP contribution in [0.2, 0.25) is 0 Å². The van der Waals surface area contributed by atoms with Crippen molar-refractivity contribution in [3.05, 3.63) is 30.5 Å². The third-order valence-corrected chi connectivity index (χ3v) is 5.60. The van der Waals surface area contributed by atoms with Crippen molar-refractivity contribution in [2.75, 3.05) is 33.3 Å². The normalized spacial score (nSPS) is 20.6. The number of amides is 2. The van der Waals surface area contributed by atoms with Crippen molar-refractivity contribution in [3.63, 3.8) is 0 Å². The molecule has 0 bridgehead atoms. The molecule has 2 amide bonds. The monoisotopic (exact) mass is 356 g/mol. The largest absolute Gasteiger partial charge is 0.372 e. The van der Waals surface area contributed by atoms with Gasteiger partial charge in [-0.2, -0.15) is 5.10 Å². The number of nitrogens with zero attached hydrogens (tertiary/aromatic N) is 4. The molecule has 2 aliphatic rings. The van der Waals surface area contributed by atoms with Crippen LogP contribution in [0.25, 0.3) is 10.9 Å². The lowest BCUT2D eigenvalue weighted by molar-refractivity contribution is -0.141. The van der Waals surface area contributed by atoms with Crippen LogP contribution in [0.1, 0.15) is 19.3 Å². The summed E-state index contributed by atoms with van der Waals surface area (Å²) in [5.74, 6) is 0.191. The van der Waals surface area contributed by atoms with Crippen molar-refractivity contribution < 1.29 is 14.3 Å². The van der Waals surface area contributed by atoms with E-state index in [2.05, 4.69) is 5.10 Å². The van der Waals surface area contributed by atoms with E-state index in [1.165, 1.54) is 0 Å². The van der Waals surface area contributed by atoms with Crippen LogP contribution in [-0.2, 0) is 20.9 Å². The molecule has 2 aliphatic heterocycles. The second-order valence-electron chi connectivity index (χ2n) is 7.27. The molecule has 0 N–H and O–H groups in total. The number of rotatable bonds is 2. The number of benzene rings is 1. The third kappa shape index (κ3) is 3.19. The Bertz CT molecular complexity index is 823. The summed E-state index contributed by atoms with van der Waals surface area (Å²) in [5.41, 5.74) is 0.562. The highest BCUT2D eigenvalue weighted by molar-refractivity contribution is 5.82. The van der Waals surface area contributed by atoms with E-state index in [1.54, 1.807) is 15.8 Å². The standard InChI is InChI=1S/C19H24N4O3/c1-21-10-11-26-19(12-17(21)24)6-8-22(9-7-19)18(25)14-23-16-5-3-2-4-15(16)13-20-23/h2-5,13H,6-12,14H2,1H3. The van der Waals surface area contributed by atoms with Crippen molar-refractivity contribution in [1.29, 1.82) is 0 Å². The number of piperidine rings is 1. The summed E-state index contributed by atoms with van der Waals surface area (Å²) < 4.78 is 7.80. The van der Waals surface area contributed by atoms with E-state index in [-0.39, 0.29) is 18.4 Å². The van der Waals surface area contributed by atoms with Gasteiger partial charge in [-0.25, -0.2) is 0 Å². The Hall–Kier alpha value is -2.41. The van der Waals surface area contributed by atoms with Crippen molar-refractivity contribution in [3.8, 4) is 0 Å². The summed E-state index contributed by atoms with van der Waals surface area (Å²) in [5, 5.41) is 5.37. The minimum atomic E-state index is -0.406. The number of para-hydroxylation sites is 1. The molecule has 2 fully saturated rings. The Kier molecular flexibility index (Phi) is 4.40. The molecule has 4 rings (SSSR count). The van der Waals surface area contributed by atoms with Gasteiger partial charge in [0, 0.05) is 32.1 Å². The summed E-state index contributed by atoms with van der Waals surface area (Å²) in [4.78, 5) is 28.5. The maximum atomic E-state index is 12.7. The van der Waals surface area contributed by atoms with Crippen molar-refractivity contribution >= 4 is 22.7 Å². The molecule has 7 heteroatoms. The maximum Gasteiger partial charge on any atom is 0.244 e. The number of hydrogen-bond acceptors (Lipinski definition) is 4. The van der Waals surface area contributed by atoms with E-state index in [9.17, 15) is 9.59 Å². The Labute approximate surface area is 152 Å². The van der Waals surface area contributed by atoms with Gasteiger partial charge in [-0.05, 0) is 18.9 Å². The summed E-state index contributed by atoms with van der Waals surface area (Å²) in [6.45, 7) is 2.68. The van der Waals surface area contributed by atoms with E-state index in [0.29, 0.717) is 45.5 Å². The highest BCUT2D eigenvalue weighted by atomic mass is 16.5. The highest BCUT2D eigenvalue weighted by Gasteiger charge is 2.40. The van der Waals surface area contributed by atoms with Crippen LogP contribution in [0, 0.1) is 0 Å². The van der Waals surface area contributed by atoms with Crippen LogP contribution in [0.4, 0.5) is 0 Å². The number of ether oxygens (including phenoxy) is 1. The van der Waals surface area contributed by atoms with Gasteiger partial charge in [-0.15, -0.1) is 0 Å². The number of carbonyl (C=O) groups excluding carboxylic acids is 2. The van der Waals surface area contributed by atoms with Gasteiger partial charge in [0.15, 0.2) is 0 Å². The Morgan fingerprint density at radius 1 is 1.23 bits per heavy atom. The Balaban J connectivity index is 1.40. The molecule has 2 aromatic rings. The molecule has 0 unspecified atom stereocenters. The third-order valence-electron chi connectivity index (χ3n) is 5.60. The molecule has 0 aliphatic carbocycles. The van der Waals surface area contributed by atoms with E-state index in [0.717, 1.165) is 10.9 Å². The minimum Gasteiger partial charge on any atom is -0.372 e. The molecule has 138 valence electrons. The average Bonchev–Trinajstić information content (AvgIpc) is 2.99. The summed E-state index contributed by atoms with van der Waals surface area (Å²) in [7, 11) is 1.82. The molecule has 1 aromatic heterocycles. The van der Waals surface area contributed by atoms with Crippen LogP contribution in [0.3, 0.4) is 0 Å². The van der Waals surface area contributed by atoms with E-state index >= 15 is 0 Å². The molecule has 2 saturated heterocycles. The van der Waals surface area contributed by atoms with Gasteiger partial charge in [0.1, 0.15) is 6.54 Å². The first-order valence-corrected chi connectivity index (χ1v) is 9.13. The topological polar surface area (TPSA) is 67.7 Å². The van der Waals surface area contributed by atoms with E-state index < -0.39 is 5.60 Å². The van der Waals surface area contributed by atoms with Crippen LogP contribution in [0.5, 0.6) is 0 Å². The molecule has 0 atom stereocenters. The molecule has 7 nitrogen and oxygen atoms in total. The zero-order chi connectivity index (χ0) is 18.1. The van der Waals surface area contributed by atoms with Crippen LogP contribution in [-0.4, -0.2) is 70.3 Å². The van der Waals surface area contributed by atoms with Gasteiger partial charge in [-0.1, -0.05) is 18.2 Å². The lowest BCUT2D eigenvalue weighted by Crippen LogP contribution is -2.49. The van der Waals surface area contributed by atoms with Crippen LogP contribution in [0.15, 0.2) is 30.5 Å². The van der Waals surface area contributed by atoms with Gasteiger partial charge in [0.25, 0.3) is 0 Å². The fraction of sp³-hybridized carbons (Fsp3) is 0.526. The zero-order valence-corrected chi connectivity index (χ0v) is 15.1. The first-order chi connectivity index (χ1) is 12.6. The number of carbonyl (C=O) groups is 2. The summed E-state index contributed by atoms with van der Waals surface area (Å²) in [6.07, 6.45) is 3.61. The van der Waals surface area contributed by atoms with Crippen LogP contribution >= 0.6 is 0 Å². The fourth-order valence-corrected chi connectivity index (χ4v) is 3.85. The lowest BCUT2D eigenvalue weighted by Gasteiger charge is -2.40. The lowest BCUT2D eigenvalue weighted by atomic mass is 9.87. The fourth-order valence-electron chi connectivity index (χ4n) is 3.85. The molecular formula is C19H24N4O3. The predicted molar refractivity (Wildman–Crippen MR) is 96.5 cm³/mol. The number of fused-ring (bicyclic) bond motifs is 1. The van der Waals surface area contributed by atoms with Gasteiger partial charge >= 0.3 is 0 Å². The van der Waals surface area contributed by atoms with Crippen molar-refractivity contribution in [1.82, 2.24) is 19.6 Å². The second-order valence-corrected chi connectivity index (χ2v) is 7.27. The van der Waals surface area contributed by atoms with Crippen molar-refractivity contribution in [2.24, 2.45) is 0 Å². The zero-order valence-electron chi connectivity index (χ0n) is 15.1. The molecular weight excluding hydrogens is 332 g/mol. The van der Waals surface area contributed by atoms with E-state index in [4.69, 9.17) is 4.74 Å². The highest BCUT2D eigenvalue weighted by Crippen LogP contribution is 2.32. The first kappa shape index (κ1) is 17.0. The number of hydrogen-bond donors (Lipinski definition) is 0. The molecule has 26 heavy (non-hydrogen) atoms. The van der Waals surface area contributed by atoms with E-state index in [1.807, 2.05) is 36.2 Å². The first-order valence-electron chi connectivity index (χ1n) is 9.13. The predicted octanol–water partition coefficient (Wildman–Crippen LogP) is 1.28. The molecule has 0 saturated carbocycles. The second kappa shape index (κ2) is 6.72.